The highest BCUT2D eigenvalue weighted by Crippen LogP contribution is 2.38. The molecule has 3 rings (SSSR count). The van der Waals surface area contributed by atoms with Crippen LogP contribution in [0.5, 0.6) is 0 Å². The molecule has 1 aliphatic heterocycles. The summed E-state index contributed by atoms with van der Waals surface area (Å²) in [6, 6.07) is 5.85. The SMILES string of the molecule is CCCNC(=O)c1ccc2c(c1)C(c1ncn[nH]1)CN2C. The fraction of sp³-hybridized carbons (Fsp3) is 0.400. The Kier molecular flexibility index (Phi) is 3.60. The molecule has 0 aliphatic carbocycles. The molecule has 0 spiro atoms. The Bertz CT molecular complexity index is 638. The van der Waals surface area contributed by atoms with Gasteiger partial charge in [-0.25, -0.2) is 4.98 Å². The lowest BCUT2D eigenvalue weighted by Gasteiger charge is -2.12. The van der Waals surface area contributed by atoms with Gasteiger partial charge in [0, 0.05) is 31.4 Å². The van der Waals surface area contributed by atoms with Crippen molar-refractivity contribution in [2.45, 2.75) is 19.3 Å². The van der Waals surface area contributed by atoms with Crippen molar-refractivity contribution in [3.8, 4) is 0 Å². The molecule has 1 aromatic heterocycles. The first-order chi connectivity index (χ1) is 10.2. The lowest BCUT2D eigenvalue weighted by Crippen LogP contribution is -2.24. The first kappa shape index (κ1) is 13.6. The van der Waals surface area contributed by atoms with E-state index in [1.807, 2.05) is 32.2 Å². The monoisotopic (exact) mass is 285 g/mol. The number of aromatic nitrogens is 3. The number of fused-ring (bicyclic) bond motifs is 1. The molecule has 0 saturated heterocycles. The van der Waals surface area contributed by atoms with Crippen LogP contribution in [0.3, 0.4) is 0 Å². The Labute approximate surface area is 123 Å². The minimum absolute atomic E-state index is 0.0227. The summed E-state index contributed by atoms with van der Waals surface area (Å²) in [5, 5.41) is 9.78. The molecule has 2 aromatic rings. The van der Waals surface area contributed by atoms with E-state index in [1.54, 1.807) is 0 Å². The van der Waals surface area contributed by atoms with Crippen LogP contribution in [0.4, 0.5) is 5.69 Å². The Morgan fingerprint density at radius 1 is 1.52 bits per heavy atom. The maximum Gasteiger partial charge on any atom is 0.251 e. The maximum absolute atomic E-state index is 12.1. The number of rotatable bonds is 4. The highest BCUT2D eigenvalue weighted by molar-refractivity contribution is 5.95. The predicted octanol–water partition coefficient (Wildman–Crippen LogP) is 1.53. The molecular weight excluding hydrogens is 266 g/mol. The van der Waals surface area contributed by atoms with Crippen molar-refractivity contribution in [1.82, 2.24) is 20.5 Å². The van der Waals surface area contributed by atoms with E-state index in [1.165, 1.54) is 6.33 Å². The summed E-state index contributed by atoms with van der Waals surface area (Å²) in [6.45, 7) is 3.57. The molecule has 1 unspecified atom stereocenters. The number of benzene rings is 1. The number of carbonyl (C=O) groups is 1. The van der Waals surface area contributed by atoms with Gasteiger partial charge >= 0.3 is 0 Å². The molecule has 1 atom stereocenters. The van der Waals surface area contributed by atoms with E-state index in [9.17, 15) is 4.79 Å². The highest BCUT2D eigenvalue weighted by atomic mass is 16.1. The number of likely N-dealkylation sites (N-methyl/N-ethyl adjacent to an activating group) is 1. The van der Waals surface area contributed by atoms with Gasteiger partial charge in [0.25, 0.3) is 5.91 Å². The molecule has 1 aromatic carbocycles. The van der Waals surface area contributed by atoms with Crippen LogP contribution in [-0.4, -0.2) is 41.2 Å². The van der Waals surface area contributed by atoms with Gasteiger partial charge in [-0.15, -0.1) is 0 Å². The largest absolute Gasteiger partial charge is 0.373 e. The second-order valence-electron chi connectivity index (χ2n) is 5.33. The summed E-state index contributed by atoms with van der Waals surface area (Å²) in [6.07, 6.45) is 2.45. The van der Waals surface area contributed by atoms with Crippen molar-refractivity contribution in [2.24, 2.45) is 0 Å². The van der Waals surface area contributed by atoms with E-state index in [0.717, 1.165) is 30.0 Å². The van der Waals surface area contributed by atoms with Crippen LogP contribution in [0.2, 0.25) is 0 Å². The van der Waals surface area contributed by atoms with E-state index >= 15 is 0 Å². The van der Waals surface area contributed by atoms with Gasteiger partial charge in [-0.3, -0.25) is 9.89 Å². The van der Waals surface area contributed by atoms with Gasteiger partial charge in [0.05, 0.1) is 5.92 Å². The second-order valence-corrected chi connectivity index (χ2v) is 5.33. The molecule has 2 N–H and O–H groups in total. The summed E-state index contributed by atoms with van der Waals surface area (Å²) < 4.78 is 0. The van der Waals surface area contributed by atoms with E-state index in [4.69, 9.17) is 0 Å². The van der Waals surface area contributed by atoms with Crippen LogP contribution >= 0.6 is 0 Å². The molecule has 2 heterocycles. The summed E-state index contributed by atoms with van der Waals surface area (Å²) in [4.78, 5) is 18.6. The van der Waals surface area contributed by atoms with E-state index < -0.39 is 0 Å². The molecule has 1 amide bonds. The minimum Gasteiger partial charge on any atom is -0.373 e. The topological polar surface area (TPSA) is 73.9 Å². The first-order valence-electron chi connectivity index (χ1n) is 7.19. The molecule has 1 aliphatic rings. The lowest BCUT2D eigenvalue weighted by molar-refractivity contribution is 0.0953. The first-order valence-corrected chi connectivity index (χ1v) is 7.19. The van der Waals surface area contributed by atoms with Crippen molar-refractivity contribution >= 4 is 11.6 Å². The van der Waals surface area contributed by atoms with Crippen molar-refractivity contribution in [1.29, 1.82) is 0 Å². The Balaban J connectivity index is 1.93. The quantitative estimate of drug-likeness (QED) is 0.893. The fourth-order valence-corrected chi connectivity index (χ4v) is 2.75. The van der Waals surface area contributed by atoms with Crippen molar-refractivity contribution in [2.75, 3.05) is 25.0 Å². The number of amides is 1. The van der Waals surface area contributed by atoms with Crippen molar-refractivity contribution in [3.05, 3.63) is 41.5 Å². The zero-order valence-corrected chi connectivity index (χ0v) is 12.3. The van der Waals surface area contributed by atoms with Crippen LogP contribution in [0.1, 0.15) is 41.0 Å². The average molecular weight is 285 g/mol. The lowest BCUT2D eigenvalue weighted by atomic mass is 9.98. The third-order valence-electron chi connectivity index (χ3n) is 3.83. The van der Waals surface area contributed by atoms with Crippen molar-refractivity contribution < 1.29 is 4.79 Å². The second kappa shape index (κ2) is 5.55. The zero-order chi connectivity index (χ0) is 14.8. The van der Waals surface area contributed by atoms with E-state index in [0.29, 0.717) is 12.1 Å². The molecule has 21 heavy (non-hydrogen) atoms. The summed E-state index contributed by atoms with van der Waals surface area (Å²) >= 11 is 0. The van der Waals surface area contributed by atoms with Gasteiger partial charge in [0.15, 0.2) is 0 Å². The number of nitrogens with zero attached hydrogens (tertiary/aromatic N) is 3. The molecule has 6 heteroatoms. The number of H-pyrrole nitrogens is 1. The molecule has 0 fully saturated rings. The van der Waals surface area contributed by atoms with Gasteiger partial charge in [0.1, 0.15) is 12.2 Å². The number of carbonyl (C=O) groups excluding carboxylic acids is 1. The van der Waals surface area contributed by atoms with Gasteiger partial charge < -0.3 is 10.2 Å². The minimum atomic E-state index is -0.0227. The number of anilines is 1. The fourth-order valence-electron chi connectivity index (χ4n) is 2.75. The Hall–Kier alpha value is -2.37. The number of nitrogens with one attached hydrogen (secondary N) is 2. The van der Waals surface area contributed by atoms with Crippen molar-refractivity contribution in [3.63, 3.8) is 0 Å². The number of hydrogen-bond acceptors (Lipinski definition) is 4. The van der Waals surface area contributed by atoms with Crippen LogP contribution in [0.25, 0.3) is 0 Å². The molecule has 0 saturated carbocycles. The maximum atomic E-state index is 12.1. The molecule has 0 radical (unpaired) electrons. The Morgan fingerprint density at radius 3 is 3.10 bits per heavy atom. The van der Waals surface area contributed by atoms with Crippen LogP contribution < -0.4 is 10.2 Å². The molecule has 110 valence electrons. The van der Waals surface area contributed by atoms with Gasteiger partial charge in [0.2, 0.25) is 0 Å². The molecular formula is C15H19N5O. The van der Waals surface area contributed by atoms with E-state index in [-0.39, 0.29) is 11.8 Å². The van der Waals surface area contributed by atoms with Gasteiger partial charge in [-0.05, 0) is 30.2 Å². The predicted molar refractivity (Wildman–Crippen MR) is 80.6 cm³/mol. The summed E-state index contributed by atoms with van der Waals surface area (Å²) in [5.41, 5.74) is 2.96. The van der Waals surface area contributed by atoms with Crippen LogP contribution in [0.15, 0.2) is 24.5 Å². The third kappa shape index (κ3) is 2.49. The van der Waals surface area contributed by atoms with Crippen LogP contribution in [0, 0.1) is 0 Å². The van der Waals surface area contributed by atoms with Gasteiger partial charge in [-0.2, -0.15) is 5.10 Å². The zero-order valence-electron chi connectivity index (χ0n) is 12.3. The molecule has 0 bridgehead atoms. The average Bonchev–Trinajstić information content (AvgIpc) is 3.12. The van der Waals surface area contributed by atoms with E-state index in [2.05, 4.69) is 25.4 Å². The number of aromatic amines is 1. The third-order valence-corrected chi connectivity index (χ3v) is 3.83. The summed E-state index contributed by atoms with van der Waals surface area (Å²) in [5.74, 6) is 0.948. The van der Waals surface area contributed by atoms with Gasteiger partial charge in [-0.1, -0.05) is 6.92 Å². The van der Waals surface area contributed by atoms with Crippen LogP contribution in [-0.2, 0) is 0 Å². The molecule has 6 nitrogen and oxygen atoms in total. The smallest absolute Gasteiger partial charge is 0.251 e. The Morgan fingerprint density at radius 2 is 2.38 bits per heavy atom. The standard InChI is InChI=1S/C15H19N5O/c1-3-6-16-15(21)10-4-5-13-11(7-10)12(8-20(13)2)14-17-9-18-19-14/h4-5,7,9,12H,3,6,8H2,1-2H3,(H,16,21)(H,17,18,19). The highest BCUT2D eigenvalue weighted by Gasteiger charge is 2.30. The summed E-state index contributed by atoms with van der Waals surface area (Å²) in [7, 11) is 2.05. The normalized spacial score (nSPS) is 16.9. The number of hydrogen-bond donors (Lipinski definition) is 2.